The molecule has 0 saturated heterocycles. The second-order valence-corrected chi connectivity index (χ2v) is 8.09. The molecule has 1 amide bonds. The molecular formula is C22H39N3O4S. The molecule has 0 radical (unpaired) electrons. The van der Waals surface area contributed by atoms with Crippen LogP contribution in [0.2, 0.25) is 0 Å². The van der Waals surface area contributed by atoms with Crippen molar-refractivity contribution in [2.45, 2.75) is 64.9 Å². The first-order valence-electron chi connectivity index (χ1n) is 10.8. The van der Waals surface area contributed by atoms with Gasteiger partial charge in [0.25, 0.3) is 0 Å². The molecule has 0 aromatic carbocycles. The number of carbonyl (C=O) groups excluding carboxylic acids is 1. The number of thioether (sulfide) groups is 1. The monoisotopic (exact) mass is 441 g/mol. The molecule has 8 heteroatoms. The summed E-state index contributed by atoms with van der Waals surface area (Å²) in [4.78, 5) is 11.6. The number of carbonyl (C=O) groups is 1. The zero-order chi connectivity index (χ0) is 22.5. The predicted molar refractivity (Wildman–Crippen MR) is 122 cm³/mol. The van der Waals surface area contributed by atoms with Crippen molar-refractivity contribution < 1.29 is 19.0 Å². The lowest BCUT2D eigenvalue weighted by molar-refractivity contribution is -0.122. The molecule has 2 N–H and O–H groups in total. The van der Waals surface area contributed by atoms with Gasteiger partial charge in [-0.15, -0.1) is 0 Å². The summed E-state index contributed by atoms with van der Waals surface area (Å²) in [6.45, 7) is 11.8. The van der Waals surface area contributed by atoms with Crippen LogP contribution in [-0.2, 0) is 19.0 Å². The van der Waals surface area contributed by atoms with Crippen molar-refractivity contribution in [3.8, 4) is 17.2 Å². The van der Waals surface area contributed by atoms with Crippen molar-refractivity contribution in [2.75, 3.05) is 46.1 Å². The average Bonchev–Trinajstić information content (AvgIpc) is 2.72. The molecule has 7 nitrogen and oxygen atoms in total. The van der Waals surface area contributed by atoms with Crippen molar-refractivity contribution >= 4 is 17.7 Å². The van der Waals surface area contributed by atoms with E-state index in [-0.39, 0.29) is 11.3 Å². The number of amides is 1. The normalized spacial score (nSPS) is 12.7. The highest BCUT2D eigenvalue weighted by Crippen LogP contribution is 2.16. The van der Waals surface area contributed by atoms with E-state index in [2.05, 4.69) is 41.7 Å². The van der Waals surface area contributed by atoms with E-state index in [0.29, 0.717) is 58.0 Å². The van der Waals surface area contributed by atoms with Crippen LogP contribution in [0, 0.1) is 28.4 Å². The third-order valence-corrected chi connectivity index (χ3v) is 4.79. The zero-order valence-corrected chi connectivity index (χ0v) is 19.8. The fraction of sp³-hybridized carbons (Fsp3) is 0.818. The summed E-state index contributed by atoms with van der Waals surface area (Å²) in [5.74, 6) is 6.14. The van der Waals surface area contributed by atoms with Gasteiger partial charge in [0, 0.05) is 18.4 Å². The molecule has 0 aliphatic heterocycles. The van der Waals surface area contributed by atoms with Gasteiger partial charge in [-0.25, -0.2) is 0 Å². The molecule has 0 aromatic heterocycles. The molecule has 2 unspecified atom stereocenters. The number of ether oxygens (including phenoxy) is 3. The third-order valence-electron chi connectivity index (χ3n) is 4.05. The van der Waals surface area contributed by atoms with Crippen LogP contribution in [0.1, 0.15) is 53.4 Å². The topological polar surface area (TPSA) is 92.6 Å². The maximum absolute atomic E-state index is 11.6. The van der Waals surface area contributed by atoms with Crippen LogP contribution in [0.25, 0.3) is 0 Å². The lowest BCUT2D eigenvalue weighted by Crippen LogP contribution is -2.26. The maximum Gasteiger partial charge on any atom is 0.223 e. The van der Waals surface area contributed by atoms with Crippen LogP contribution in [0.4, 0.5) is 0 Å². The average molecular weight is 442 g/mol. The lowest BCUT2D eigenvalue weighted by atomic mass is 10.2. The van der Waals surface area contributed by atoms with Crippen molar-refractivity contribution in [2.24, 2.45) is 5.92 Å². The number of hydrogen-bond acceptors (Lipinski definition) is 7. The first kappa shape index (κ1) is 28.7. The minimum atomic E-state index is -0.127. The Morgan fingerprint density at radius 1 is 1.10 bits per heavy atom. The number of thiocyanates is 1. The summed E-state index contributed by atoms with van der Waals surface area (Å²) in [7, 11) is 0. The van der Waals surface area contributed by atoms with Gasteiger partial charge < -0.3 is 24.8 Å². The van der Waals surface area contributed by atoms with Crippen LogP contribution in [0.5, 0.6) is 0 Å². The molecule has 0 heterocycles. The molecule has 2 atom stereocenters. The van der Waals surface area contributed by atoms with Crippen molar-refractivity contribution in [1.29, 1.82) is 5.26 Å². The third kappa shape index (κ3) is 20.0. The van der Waals surface area contributed by atoms with E-state index in [1.54, 1.807) is 0 Å². The van der Waals surface area contributed by atoms with Crippen LogP contribution in [0.15, 0.2) is 0 Å². The number of nitrogens with one attached hydrogen (secondary N) is 2. The van der Waals surface area contributed by atoms with Crippen LogP contribution in [0.3, 0.4) is 0 Å². The molecule has 172 valence electrons. The lowest BCUT2D eigenvalue weighted by Gasteiger charge is -2.16. The van der Waals surface area contributed by atoms with Gasteiger partial charge in [-0.05, 0) is 44.5 Å². The maximum atomic E-state index is 11.6. The Morgan fingerprint density at radius 2 is 1.80 bits per heavy atom. The number of nitrogens with zero attached hydrogens (tertiary/aromatic N) is 1. The molecule has 30 heavy (non-hydrogen) atoms. The second kappa shape index (κ2) is 21.0. The van der Waals surface area contributed by atoms with Gasteiger partial charge in [-0.3, -0.25) is 4.79 Å². The number of rotatable bonds is 18. The van der Waals surface area contributed by atoms with Crippen LogP contribution in [-0.4, -0.2) is 63.5 Å². The standard InChI is InChI=1S/C22H39N3O4S/c1-5-20(4)24-11-7-9-22(30-18-23)29-17-16-28-15-14-27-13-10-21(26)25-12-6-8-19(2)3/h19-20,22,24H,5,7,9-17H2,1-4H3,(H,25,26). The Hall–Kier alpha value is -1.29. The van der Waals surface area contributed by atoms with E-state index in [9.17, 15) is 4.79 Å². The second-order valence-electron chi connectivity index (χ2n) is 7.14. The highest BCUT2D eigenvalue weighted by molar-refractivity contribution is 8.04. The molecule has 0 aliphatic rings. The van der Waals surface area contributed by atoms with E-state index in [0.717, 1.165) is 37.6 Å². The van der Waals surface area contributed by atoms with Gasteiger partial charge in [-0.1, -0.05) is 32.6 Å². The van der Waals surface area contributed by atoms with E-state index >= 15 is 0 Å². The molecule has 0 bridgehead atoms. The summed E-state index contributed by atoms with van der Waals surface area (Å²) in [6.07, 6.45) is 3.21. The first-order valence-corrected chi connectivity index (χ1v) is 11.7. The molecule has 0 saturated carbocycles. The molecule has 0 aliphatic carbocycles. The quantitative estimate of drug-likeness (QED) is 0.146. The first-order chi connectivity index (χ1) is 14.5. The molecule has 0 aromatic rings. The Kier molecular flexibility index (Phi) is 20.1. The Bertz CT molecular complexity index is 529. The smallest absolute Gasteiger partial charge is 0.223 e. The minimum Gasteiger partial charge on any atom is -0.379 e. The highest BCUT2D eigenvalue weighted by atomic mass is 32.2. The molecule has 0 fully saturated rings. The van der Waals surface area contributed by atoms with Crippen molar-refractivity contribution in [3.63, 3.8) is 0 Å². The van der Waals surface area contributed by atoms with Gasteiger partial charge in [0.1, 0.15) is 10.8 Å². The summed E-state index contributed by atoms with van der Waals surface area (Å²) >= 11 is 1.16. The Balaban J connectivity index is 3.58. The number of hydrogen-bond donors (Lipinski definition) is 2. The fourth-order valence-electron chi connectivity index (χ4n) is 2.21. The van der Waals surface area contributed by atoms with Gasteiger partial charge >= 0.3 is 0 Å². The fourth-order valence-corrected chi connectivity index (χ4v) is 2.77. The van der Waals surface area contributed by atoms with Gasteiger partial charge in [-0.2, -0.15) is 5.26 Å². The van der Waals surface area contributed by atoms with E-state index in [4.69, 9.17) is 19.5 Å². The van der Waals surface area contributed by atoms with E-state index in [1.165, 1.54) is 0 Å². The molecule has 0 spiro atoms. The minimum absolute atomic E-state index is 0.0669. The SMILES string of the molecule is CCC(C)NCCCC(OCCOCCOCCC(=O)NCC#CC(C)C)SC#N. The van der Waals surface area contributed by atoms with E-state index in [1.807, 2.05) is 13.8 Å². The largest absolute Gasteiger partial charge is 0.379 e. The summed E-state index contributed by atoms with van der Waals surface area (Å²) in [5, 5.41) is 17.2. The summed E-state index contributed by atoms with van der Waals surface area (Å²) in [5.41, 5.74) is -0.127. The van der Waals surface area contributed by atoms with Crippen molar-refractivity contribution in [1.82, 2.24) is 10.6 Å². The van der Waals surface area contributed by atoms with Gasteiger partial charge in [0.15, 0.2) is 0 Å². The Labute approximate surface area is 187 Å². The summed E-state index contributed by atoms with van der Waals surface area (Å²) < 4.78 is 16.6. The van der Waals surface area contributed by atoms with Gasteiger partial charge in [0.05, 0.1) is 39.6 Å². The van der Waals surface area contributed by atoms with E-state index < -0.39 is 0 Å². The molecular weight excluding hydrogens is 402 g/mol. The predicted octanol–water partition coefficient (Wildman–Crippen LogP) is 2.91. The Morgan fingerprint density at radius 3 is 2.47 bits per heavy atom. The van der Waals surface area contributed by atoms with Gasteiger partial charge in [0.2, 0.25) is 5.91 Å². The number of nitriles is 1. The van der Waals surface area contributed by atoms with Crippen LogP contribution < -0.4 is 10.6 Å². The van der Waals surface area contributed by atoms with Crippen molar-refractivity contribution in [3.05, 3.63) is 0 Å². The zero-order valence-electron chi connectivity index (χ0n) is 19.0. The van der Waals surface area contributed by atoms with Crippen LogP contribution >= 0.6 is 11.8 Å². The highest BCUT2D eigenvalue weighted by Gasteiger charge is 2.09. The molecule has 0 rings (SSSR count). The summed E-state index contributed by atoms with van der Waals surface area (Å²) in [6, 6.07) is 0.516.